The molecule has 1 aliphatic rings. The van der Waals surface area contributed by atoms with Crippen LogP contribution in [0, 0.1) is 0 Å². The van der Waals surface area contributed by atoms with Crippen molar-refractivity contribution in [1.29, 1.82) is 0 Å². The van der Waals surface area contributed by atoms with E-state index < -0.39 is 0 Å². The van der Waals surface area contributed by atoms with Gasteiger partial charge in [-0.1, -0.05) is 20.3 Å². The monoisotopic (exact) mass is 238 g/mol. The Morgan fingerprint density at radius 1 is 1.18 bits per heavy atom. The zero-order valence-electron chi connectivity index (χ0n) is 11.7. The molecule has 0 bridgehead atoms. The molecule has 0 amide bonds. The molecule has 1 aromatic heterocycles. The van der Waals surface area contributed by atoms with Crippen LogP contribution in [-0.4, -0.2) is 28.5 Å². The average Bonchev–Trinajstić information content (AvgIpc) is 2.74. The van der Waals surface area contributed by atoms with E-state index in [0.29, 0.717) is 0 Å². The summed E-state index contributed by atoms with van der Waals surface area (Å²) in [5.74, 6) is 0. The van der Waals surface area contributed by atoms with Crippen molar-refractivity contribution in [3.05, 3.63) is 12.4 Å². The minimum atomic E-state index is -0.307. The average molecular weight is 238 g/mol. The maximum Gasteiger partial charge on any atom is 0.498 e. The second kappa shape index (κ2) is 5.23. The van der Waals surface area contributed by atoms with E-state index >= 15 is 0 Å². The van der Waals surface area contributed by atoms with Gasteiger partial charge >= 0.3 is 7.12 Å². The Bertz CT molecular complexity index is 320. The Kier molecular flexibility index (Phi) is 4.39. The molecule has 0 spiro atoms. The van der Waals surface area contributed by atoms with Crippen molar-refractivity contribution in [2.24, 2.45) is 0 Å². The highest BCUT2D eigenvalue weighted by atomic mass is 16.7. The second-order valence-corrected chi connectivity index (χ2v) is 5.33. The molecule has 0 atom stereocenters. The third-order valence-electron chi connectivity index (χ3n) is 3.04. The lowest BCUT2D eigenvalue weighted by atomic mass is 9.82. The fourth-order valence-corrected chi connectivity index (χ4v) is 1.37. The molecule has 1 saturated heterocycles. The van der Waals surface area contributed by atoms with Crippen molar-refractivity contribution in [2.45, 2.75) is 59.2 Å². The highest BCUT2D eigenvalue weighted by Crippen LogP contribution is 2.36. The van der Waals surface area contributed by atoms with Crippen molar-refractivity contribution in [2.75, 3.05) is 0 Å². The van der Waals surface area contributed by atoms with E-state index in [1.165, 1.54) is 6.42 Å². The van der Waals surface area contributed by atoms with Crippen LogP contribution in [0.2, 0.25) is 0 Å². The molecule has 0 radical (unpaired) electrons. The number of hydrogen-bond acceptors (Lipinski definition) is 3. The van der Waals surface area contributed by atoms with Gasteiger partial charge < -0.3 is 9.31 Å². The van der Waals surface area contributed by atoms with Gasteiger partial charge in [0.25, 0.3) is 0 Å². The molecule has 96 valence electrons. The SMILES string of the molecule is CC1(C)OB(c2cn[nH]c2)OC1(C)C.CCC. The number of aromatic amines is 1. The number of aromatic nitrogens is 2. The number of H-pyrrole nitrogens is 1. The van der Waals surface area contributed by atoms with Gasteiger partial charge in [0.1, 0.15) is 0 Å². The van der Waals surface area contributed by atoms with Gasteiger partial charge in [-0.05, 0) is 27.7 Å². The van der Waals surface area contributed by atoms with Crippen molar-refractivity contribution in [3.63, 3.8) is 0 Å². The minimum Gasteiger partial charge on any atom is -0.399 e. The van der Waals surface area contributed by atoms with Crippen LogP contribution in [0.25, 0.3) is 0 Å². The summed E-state index contributed by atoms with van der Waals surface area (Å²) in [6.45, 7) is 12.4. The zero-order valence-corrected chi connectivity index (χ0v) is 11.7. The highest BCUT2D eigenvalue weighted by molar-refractivity contribution is 6.61. The topological polar surface area (TPSA) is 47.1 Å². The van der Waals surface area contributed by atoms with Crippen LogP contribution in [0.1, 0.15) is 48.0 Å². The standard InChI is InChI=1S/C9H15BN2O2.C3H8/c1-8(2)9(3,4)14-10(13-8)7-5-11-12-6-7;1-3-2/h5-6H,1-4H3,(H,11,12);3H2,1-2H3. The number of hydrogen-bond donors (Lipinski definition) is 1. The molecule has 4 nitrogen and oxygen atoms in total. The fraction of sp³-hybridized carbons (Fsp3) is 0.750. The zero-order chi connectivity index (χ0) is 13.1. The number of nitrogens with one attached hydrogen (secondary N) is 1. The third-order valence-corrected chi connectivity index (χ3v) is 3.04. The molecule has 0 aromatic carbocycles. The van der Waals surface area contributed by atoms with Crippen molar-refractivity contribution in [3.8, 4) is 0 Å². The van der Waals surface area contributed by atoms with E-state index in [1.807, 2.05) is 27.7 Å². The van der Waals surface area contributed by atoms with Crippen molar-refractivity contribution < 1.29 is 9.31 Å². The largest absolute Gasteiger partial charge is 0.498 e. The maximum atomic E-state index is 5.83. The summed E-state index contributed by atoms with van der Waals surface area (Å²) in [6, 6.07) is 0. The summed E-state index contributed by atoms with van der Waals surface area (Å²) in [5.41, 5.74) is 0.368. The molecule has 0 aliphatic carbocycles. The van der Waals surface area contributed by atoms with Crippen molar-refractivity contribution in [1.82, 2.24) is 10.2 Å². The number of nitrogens with zero attached hydrogens (tertiary/aromatic N) is 1. The molecule has 17 heavy (non-hydrogen) atoms. The van der Waals surface area contributed by atoms with Crippen molar-refractivity contribution >= 4 is 12.6 Å². The first-order chi connectivity index (χ1) is 7.84. The molecule has 2 rings (SSSR count). The van der Waals surface area contributed by atoms with Gasteiger partial charge in [0.2, 0.25) is 0 Å². The van der Waals surface area contributed by atoms with Gasteiger partial charge in [-0.2, -0.15) is 5.10 Å². The molecule has 0 unspecified atom stereocenters. The molecule has 1 aliphatic heterocycles. The van der Waals surface area contributed by atoms with E-state index in [9.17, 15) is 0 Å². The Balaban J connectivity index is 0.000000437. The summed E-state index contributed by atoms with van der Waals surface area (Å²) in [7, 11) is -0.307. The van der Waals surface area contributed by atoms with Crippen LogP contribution in [-0.2, 0) is 9.31 Å². The predicted molar refractivity (Wildman–Crippen MR) is 70.3 cm³/mol. The first-order valence-electron chi connectivity index (χ1n) is 6.18. The van der Waals surface area contributed by atoms with Crippen LogP contribution in [0.4, 0.5) is 0 Å². The van der Waals surface area contributed by atoms with E-state index in [0.717, 1.165) is 5.46 Å². The van der Waals surface area contributed by atoms with Gasteiger partial charge in [-0.25, -0.2) is 0 Å². The molecular formula is C12H23BN2O2. The van der Waals surface area contributed by atoms with Gasteiger partial charge in [-0.3, -0.25) is 5.10 Å². The molecule has 1 fully saturated rings. The Labute approximate surface area is 104 Å². The van der Waals surface area contributed by atoms with Crippen LogP contribution in [0.15, 0.2) is 12.4 Å². The lowest BCUT2D eigenvalue weighted by Gasteiger charge is -2.32. The first-order valence-corrected chi connectivity index (χ1v) is 6.18. The minimum absolute atomic E-state index is 0.283. The lowest BCUT2D eigenvalue weighted by molar-refractivity contribution is 0.00578. The van der Waals surface area contributed by atoms with Crippen LogP contribution < -0.4 is 5.46 Å². The summed E-state index contributed by atoms with van der Waals surface area (Å²) < 4.78 is 11.7. The molecule has 5 heteroatoms. The normalized spacial score (nSPS) is 20.9. The van der Waals surface area contributed by atoms with Gasteiger partial charge in [0.05, 0.1) is 11.2 Å². The Hall–Kier alpha value is -0.805. The smallest absolute Gasteiger partial charge is 0.399 e. The van der Waals surface area contributed by atoms with E-state index in [2.05, 4.69) is 24.0 Å². The van der Waals surface area contributed by atoms with E-state index in [-0.39, 0.29) is 18.3 Å². The first kappa shape index (κ1) is 14.3. The fourth-order valence-electron chi connectivity index (χ4n) is 1.37. The molecule has 1 aromatic rings. The quantitative estimate of drug-likeness (QED) is 0.762. The van der Waals surface area contributed by atoms with Gasteiger partial charge in [0.15, 0.2) is 0 Å². The highest BCUT2D eigenvalue weighted by Gasteiger charge is 2.51. The molecule has 1 N–H and O–H groups in total. The lowest BCUT2D eigenvalue weighted by Crippen LogP contribution is -2.41. The summed E-state index contributed by atoms with van der Waals surface area (Å²) in [5, 5.41) is 6.63. The second-order valence-electron chi connectivity index (χ2n) is 5.33. The predicted octanol–water partition coefficient (Wildman–Crippen LogP) is 2.13. The molecule has 0 saturated carbocycles. The summed E-state index contributed by atoms with van der Waals surface area (Å²) in [6.07, 6.45) is 4.77. The number of rotatable bonds is 1. The van der Waals surface area contributed by atoms with Crippen LogP contribution in [0.5, 0.6) is 0 Å². The third kappa shape index (κ3) is 3.10. The van der Waals surface area contributed by atoms with Crippen LogP contribution in [0.3, 0.4) is 0 Å². The summed E-state index contributed by atoms with van der Waals surface area (Å²) in [4.78, 5) is 0. The summed E-state index contributed by atoms with van der Waals surface area (Å²) >= 11 is 0. The molecule has 2 heterocycles. The van der Waals surface area contributed by atoms with Crippen LogP contribution >= 0.6 is 0 Å². The van der Waals surface area contributed by atoms with E-state index in [1.54, 1.807) is 12.4 Å². The maximum absolute atomic E-state index is 5.83. The van der Waals surface area contributed by atoms with Gasteiger partial charge in [-0.15, -0.1) is 0 Å². The Morgan fingerprint density at radius 2 is 1.65 bits per heavy atom. The van der Waals surface area contributed by atoms with E-state index in [4.69, 9.17) is 9.31 Å². The molecular weight excluding hydrogens is 215 g/mol. The Morgan fingerprint density at radius 3 is 2.00 bits per heavy atom. The van der Waals surface area contributed by atoms with Gasteiger partial charge in [0, 0.05) is 17.9 Å².